The van der Waals surface area contributed by atoms with Crippen molar-refractivity contribution >= 4 is 15.7 Å². The summed E-state index contributed by atoms with van der Waals surface area (Å²) < 4.78 is 28.5. The molecule has 0 bridgehead atoms. The van der Waals surface area contributed by atoms with Crippen LogP contribution in [-0.2, 0) is 9.84 Å². The second kappa shape index (κ2) is 4.13. The lowest BCUT2D eigenvalue weighted by Crippen LogP contribution is -2.02. The highest BCUT2D eigenvalue weighted by molar-refractivity contribution is 7.90. The van der Waals surface area contributed by atoms with Crippen LogP contribution in [0.5, 0.6) is 0 Å². The molecule has 1 aromatic carbocycles. The van der Waals surface area contributed by atoms with Crippen LogP contribution in [0.3, 0.4) is 0 Å². The molecule has 6 heteroatoms. The molecular formula is C12H14N2O3S. The third-order valence-corrected chi connectivity index (χ3v) is 4.02. The molecule has 0 amide bonds. The first kappa shape index (κ1) is 12.6. The molecule has 1 aromatic heterocycles. The Balaban J connectivity index is 2.82. The predicted molar refractivity (Wildman–Crippen MR) is 68.9 cm³/mol. The first-order valence-corrected chi connectivity index (χ1v) is 7.21. The van der Waals surface area contributed by atoms with E-state index in [0.29, 0.717) is 11.1 Å². The standard InChI is InChI=1S/C12H14N2O3S/c1-7-4-9(10-6-14-17-12(10)13)11(5-8(7)2)18(3,15)16/h4-6H,13H2,1-3H3. The number of benzene rings is 1. The average molecular weight is 266 g/mol. The molecule has 2 rings (SSSR count). The second-order valence-electron chi connectivity index (χ2n) is 4.31. The maximum Gasteiger partial charge on any atom is 0.229 e. The summed E-state index contributed by atoms with van der Waals surface area (Å²) in [5, 5.41) is 3.58. The molecule has 0 aliphatic heterocycles. The van der Waals surface area contributed by atoms with Crippen molar-refractivity contribution in [1.82, 2.24) is 5.16 Å². The molecule has 96 valence electrons. The van der Waals surface area contributed by atoms with Gasteiger partial charge in [0.2, 0.25) is 5.88 Å². The molecule has 0 aliphatic rings. The van der Waals surface area contributed by atoms with Gasteiger partial charge < -0.3 is 10.3 Å². The minimum absolute atomic E-state index is 0.114. The first-order chi connectivity index (χ1) is 8.30. The van der Waals surface area contributed by atoms with E-state index in [0.717, 1.165) is 11.1 Å². The Morgan fingerprint density at radius 2 is 1.78 bits per heavy atom. The Morgan fingerprint density at radius 1 is 1.17 bits per heavy atom. The van der Waals surface area contributed by atoms with Crippen LogP contribution in [-0.4, -0.2) is 19.8 Å². The summed E-state index contributed by atoms with van der Waals surface area (Å²) in [5.74, 6) is 0.114. The van der Waals surface area contributed by atoms with Crippen LogP contribution in [0.4, 0.5) is 5.88 Å². The van der Waals surface area contributed by atoms with Crippen molar-refractivity contribution in [3.8, 4) is 11.1 Å². The normalized spacial score (nSPS) is 11.7. The summed E-state index contributed by atoms with van der Waals surface area (Å²) >= 11 is 0. The van der Waals surface area contributed by atoms with Gasteiger partial charge >= 0.3 is 0 Å². The van der Waals surface area contributed by atoms with Gasteiger partial charge in [-0.05, 0) is 37.1 Å². The van der Waals surface area contributed by atoms with Gasteiger partial charge in [0.25, 0.3) is 0 Å². The van der Waals surface area contributed by atoms with E-state index in [-0.39, 0.29) is 10.8 Å². The fraction of sp³-hybridized carbons (Fsp3) is 0.250. The molecule has 0 saturated carbocycles. The summed E-state index contributed by atoms with van der Waals surface area (Å²) in [6.07, 6.45) is 2.60. The number of nitrogens with two attached hydrogens (primary N) is 1. The van der Waals surface area contributed by atoms with E-state index in [1.807, 2.05) is 13.8 Å². The molecule has 5 nitrogen and oxygen atoms in total. The Kier molecular flexibility index (Phi) is 2.90. The number of sulfone groups is 1. The van der Waals surface area contributed by atoms with Crippen LogP contribution in [0.2, 0.25) is 0 Å². The van der Waals surface area contributed by atoms with Gasteiger partial charge in [0.1, 0.15) is 0 Å². The fourth-order valence-electron chi connectivity index (χ4n) is 1.76. The third kappa shape index (κ3) is 2.11. The van der Waals surface area contributed by atoms with Gasteiger partial charge in [-0.3, -0.25) is 0 Å². The number of anilines is 1. The number of nitrogens with zero attached hydrogens (tertiary/aromatic N) is 1. The van der Waals surface area contributed by atoms with Crippen molar-refractivity contribution < 1.29 is 12.9 Å². The van der Waals surface area contributed by atoms with E-state index in [1.165, 1.54) is 12.5 Å². The highest BCUT2D eigenvalue weighted by atomic mass is 32.2. The molecular weight excluding hydrogens is 252 g/mol. The van der Waals surface area contributed by atoms with Crippen LogP contribution in [0.15, 0.2) is 27.7 Å². The van der Waals surface area contributed by atoms with Gasteiger partial charge in [-0.1, -0.05) is 5.16 Å². The summed E-state index contributed by atoms with van der Waals surface area (Å²) in [6, 6.07) is 3.43. The van der Waals surface area contributed by atoms with E-state index >= 15 is 0 Å². The quantitative estimate of drug-likeness (QED) is 0.897. The van der Waals surface area contributed by atoms with Gasteiger partial charge in [-0.25, -0.2) is 8.42 Å². The van der Waals surface area contributed by atoms with Crippen LogP contribution < -0.4 is 5.73 Å². The van der Waals surface area contributed by atoms with Crippen LogP contribution in [0, 0.1) is 13.8 Å². The lowest BCUT2D eigenvalue weighted by atomic mass is 10.0. The van der Waals surface area contributed by atoms with Gasteiger partial charge in [0, 0.05) is 11.8 Å². The largest absolute Gasteiger partial charge is 0.367 e. The Hall–Kier alpha value is -1.82. The van der Waals surface area contributed by atoms with Crippen LogP contribution in [0.1, 0.15) is 11.1 Å². The van der Waals surface area contributed by atoms with Gasteiger partial charge in [0.15, 0.2) is 9.84 Å². The van der Waals surface area contributed by atoms with E-state index < -0.39 is 9.84 Å². The van der Waals surface area contributed by atoms with E-state index in [2.05, 4.69) is 5.16 Å². The van der Waals surface area contributed by atoms with Crippen LogP contribution >= 0.6 is 0 Å². The maximum atomic E-state index is 11.8. The summed E-state index contributed by atoms with van der Waals surface area (Å²) in [7, 11) is -3.34. The SMILES string of the molecule is Cc1cc(-c2cnoc2N)c(S(C)(=O)=O)cc1C. The number of aromatic nitrogens is 1. The second-order valence-corrected chi connectivity index (χ2v) is 6.29. The minimum atomic E-state index is -3.34. The molecule has 0 spiro atoms. The Labute approximate surface area is 106 Å². The van der Waals surface area contributed by atoms with Crippen molar-refractivity contribution in [3.05, 3.63) is 29.5 Å². The smallest absolute Gasteiger partial charge is 0.229 e. The molecule has 0 saturated heterocycles. The van der Waals surface area contributed by atoms with Crippen LogP contribution in [0.25, 0.3) is 11.1 Å². The number of nitrogen functional groups attached to an aromatic ring is 1. The highest BCUT2D eigenvalue weighted by Gasteiger charge is 2.19. The van der Waals surface area contributed by atoms with Gasteiger partial charge in [-0.15, -0.1) is 0 Å². The zero-order valence-electron chi connectivity index (χ0n) is 10.4. The fourth-order valence-corrected chi connectivity index (χ4v) is 2.72. The van der Waals surface area contributed by atoms with Gasteiger partial charge in [-0.2, -0.15) is 0 Å². The number of hydrogen-bond donors (Lipinski definition) is 1. The Bertz CT molecular complexity index is 702. The Morgan fingerprint density at radius 3 is 2.28 bits per heavy atom. The molecule has 2 aromatic rings. The molecule has 0 unspecified atom stereocenters. The molecule has 0 atom stereocenters. The summed E-state index contributed by atoms with van der Waals surface area (Å²) in [6.45, 7) is 3.78. The average Bonchev–Trinajstić information content (AvgIpc) is 2.66. The molecule has 1 heterocycles. The molecule has 0 radical (unpaired) electrons. The highest BCUT2D eigenvalue weighted by Crippen LogP contribution is 2.33. The van der Waals surface area contributed by atoms with E-state index in [1.54, 1.807) is 12.1 Å². The zero-order chi connectivity index (χ0) is 13.5. The van der Waals surface area contributed by atoms with Crippen molar-refractivity contribution in [1.29, 1.82) is 0 Å². The predicted octanol–water partition coefficient (Wildman–Crippen LogP) is 1.94. The monoisotopic (exact) mass is 266 g/mol. The van der Waals surface area contributed by atoms with Crippen molar-refractivity contribution in [3.63, 3.8) is 0 Å². The third-order valence-electron chi connectivity index (χ3n) is 2.88. The summed E-state index contributed by atoms with van der Waals surface area (Å²) in [4.78, 5) is 0.237. The lowest BCUT2D eigenvalue weighted by Gasteiger charge is -2.10. The minimum Gasteiger partial charge on any atom is -0.367 e. The number of hydrogen-bond acceptors (Lipinski definition) is 5. The number of aryl methyl sites for hydroxylation is 2. The molecule has 0 aliphatic carbocycles. The lowest BCUT2D eigenvalue weighted by molar-refractivity contribution is 0.436. The van der Waals surface area contributed by atoms with Gasteiger partial charge in [0.05, 0.1) is 16.7 Å². The topological polar surface area (TPSA) is 86.2 Å². The van der Waals surface area contributed by atoms with E-state index in [9.17, 15) is 8.42 Å². The van der Waals surface area contributed by atoms with E-state index in [4.69, 9.17) is 10.3 Å². The van der Waals surface area contributed by atoms with Crippen molar-refractivity contribution in [2.45, 2.75) is 18.7 Å². The number of rotatable bonds is 2. The van der Waals surface area contributed by atoms with Crippen molar-refractivity contribution in [2.75, 3.05) is 12.0 Å². The van der Waals surface area contributed by atoms with Crippen molar-refractivity contribution in [2.24, 2.45) is 0 Å². The molecule has 0 fully saturated rings. The zero-order valence-corrected chi connectivity index (χ0v) is 11.2. The first-order valence-electron chi connectivity index (χ1n) is 5.32. The maximum absolute atomic E-state index is 11.8. The summed E-state index contributed by atoms with van der Waals surface area (Å²) in [5.41, 5.74) is 8.57. The molecule has 18 heavy (non-hydrogen) atoms. The molecule has 2 N–H and O–H groups in total.